The SMILES string of the molecule is NCCCCN1CC2CCCC2C1. The Hall–Kier alpha value is -0.0800. The molecule has 2 aliphatic rings. The van der Waals surface area contributed by atoms with Crippen molar-refractivity contribution < 1.29 is 0 Å². The van der Waals surface area contributed by atoms with Crippen LogP contribution in [0.4, 0.5) is 0 Å². The van der Waals surface area contributed by atoms with Gasteiger partial charge in [0.1, 0.15) is 0 Å². The molecule has 2 heteroatoms. The maximum atomic E-state index is 5.49. The maximum absolute atomic E-state index is 5.49. The van der Waals surface area contributed by atoms with Crippen molar-refractivity contribution in [3.8, 4) is 0 Å². The molecule has 0 amide bonds. The maximum Gasteiger partial charge on any atom is 0.00129 e. The van der Waals surface area contributed by atoms with Crippen LogP contribution >= 0.6 is 0 Å². The van der Waals surface area contributed by atoms with Crippen molar-refractivity contribution in [3.63, 3.8) is 0 Å². The first-order valence-corrected chi connectivity index (χ1v) is 5.82. The normalized spacial score (nSPS) is 33.9. The Morgan fingerprint density at radius 3 is 2.38 bits per heavy atom. The molecule has 2 N–H and O–H groups in total. The number of hydrogen-bond donors (Lipinski definition) is 1. The van der Waals surface area contributed by atoms with Crippen LogP contribution in [0.3, 0.4) is 0 Å². The third-order valence-electron chi connectivity index (χ3n) is 3.73. The van der Waals surface area contributed by atoms with Gasteiger partial charge in [-0.15, -0.1) is 0 Å². The van der Waals surface area contributed by atoms with E-state index in [2.05, 4.69) is 4.90 Å². The zero-order chi connectivity index (χ0) is 9.10. The number of fused-ring (bicyclic) bond motifs is 1. The molecule has 2 atom stereocenters. The van der Waals surface area contributed by atoms with Gasteiger partial charge in [0.15, 0.2) is 0 Å². The van der Waals surface area contributed by atoms with Crippen molar-refractivity contribution in [1.82, 2.24) is 4.90 Å². The van der Waals surface area contributed by atoms with E-state index in [0.717, 1.165) is 18.4 Å². The molecule has 1 saturated carbocycles. The van der Waals surface area contributed by atoms with Crippen LogP contribution in [0.5, 0.6) is 0 Å². The van der Waals surface area contributed by atoms with E-state index in [-0.39, 0.29) is 0 Å². The molecular weight excluding hydrogens is 160 g/mol. The molecule has 0 aromatic carbocycles. The summed E-state index contributed by atoms with van der Waals surface area (Å²) in [6.07, 6.45) is 6.99. The van der Waals surface area contributed by atoms with Crippen molar-refractivity contribution >= 4 is 0 Å². The minimum atomic E-state index is 0.862. The fourth-order valence-electron chi connectivity index (χ4n) is 2.99. The lowest BCUT2D eigenvalue weighted by Crippen LogP contribution is -2.23. The molecule has 2 rings (SSSR count). The van der Waals surface area contributed by atoms with Gasteiger partial charge < -0.3 is 10.6 Å². The van der Waals surface area contributed by atoms with Crippen molar-refractivity contribution in [1.29, 1.82) is 0 Å². The molecular formula is C11H22N2. The number of nitrogens with zero attached hydrogens (tertiary/aromatic N) is 1. The lowest BCUT2D eigenvalue weighted by molar-refractivity contribution is 0.305. The minimum absolute atomic E-state index is 0.862. The molecule has 0 aromatic rings. The molecule has 2 unspecified atom stereocenters. The second-order valence-corrected chi connectivity index (χ2v) is 4.71. The summed E-state index contributed by atoms with van der Waals surface area (Å²) < 4.78 is 0. The van der Waals surface area contributed by atoms with Gasteiger partial charge in [0.25, 0.3) is 0 Å². The van der Waals surface area contributed by atoms with Gasteiger partial charge in [0.2, 0.25) is 0 Å². The van der Waals surface area contributed by atoms with Gasteiger partial charge in [-0.2, -0.15) is 0 Å². The zero-order valence-corrected chi connectivity index (χ0v) is 8.54. The van der Waals surface area contributed by atoms with Gasteiger partial charge in [0.05, 0.1) is 0 Å². The summed E-state index contributed by atoms with van der Waals surface area (Å²) in [5.41, 5.74) is 5.49. The predicted octanol–water partition coefficient (Wildman–Crippen LogP) is 1.46. The van der Waals surface area contributed by atoms with Gasteiger partial charge >= 0.3 is 0 Å². The molecule has 13 heavy (non-hydrogen) atoms. The van der Waals surface area contributed by atoms with E-state index < -0.39 is 0 Å². The standard InChI is InChI=1S/C11H22N2/c12-6-1-2-7-13-8-10-4-3-5-11(10)9-13/h10-11H,1-9,12H2. The molecule has 76 valence electrons. The molecule has 0 aromatic heterocycles. The molecule has 1 heterocycles. The predicted molar refractivity (Wildman–Crippen MR) is 55.6 cm³/mol. The number of unbranched alkanes of at least 4 members (excludes halogenated alkanes) is 1. The van der Waals surface area contributed by atoms with Gasteiger partial charge in [0, 0.05) is 13.1 Å². The molecule has 2 fully saturated rings. The Kier molecular flexibility index (Phi) is 3.23. The summed E-state index contributed by atoms with van der Waals surface area (Å²) >= 11 is 0. The summed E-state index contributed by atoms with van der Waals surface area (Å²) in [5, 5.41) is 0. The number of nitrogens with two attached hydrogens (primary N) is 1. The Balaban J connectivity index is 1.67. The van der Waals surface area contributed by atoms with Crippen molar-refractivity contribution in [3.05, 3.63) is 0 Å². The zero-order valence-electron chi connectivity index (χ0n) is 8.54. The number of hydrogen-bond acceptors (Lipinski definition) is 2. The molecule has 1 saturated heterocycles. The van der Waals surface area contributed by atoms with Crippen LogP contribution < -0.4 is 5.73 Å². The summed E-state index contributed by atoms with van der Waals surface area (Å²) in [5.74, 6) is 2.11. The lowest BCUT2D eigenvalue weighted by atomic mass is 10.0. The van der Waals surface area contributed by atoms with Crippen molar-refractivity contribution in [2.24, 2.45) is 17.6 Å². The van der Waals surface area contributed by atoms with Gasteiger partial charge in [-0.25, -0.2) is 0 Å². The number of rotatable bonds is 4. The van der Waals surface area contributed by atoms with Crippen LogP contribution in [0.2, 0.25) is 0 Å². The highest BCUT2D eigenvalue weighted by atomic mass is 15.2. The highest BCUT2D eigenvalue weighted by Gasteiger charge is 2.35. The van der Waals surface area contributed by atoms with Crippen LogP contribution in [0, 0.1) is 11.8 Å². The molecule has 1 aliphatic heterocycles. The van der Waals surface area contributed by atoms with Crippen molar-refractivity contribution in [2.45, 2.75) is 32.1 Å². The van der Waals surface area contributed by atoms with E-state index in [1.54, 1.807) is 0 Å². The van der Waals surface area contributed by atoms with Gasteiger partial charge in [-0.05, 0) is 50.6 Å². The second kappa shape index (κ2) is 4.43. The first-order chi connectivity index (χ1) is 6.40. The molecule has 0 radical (unpaired) electrons. The van der Waals surface area contributed by atoms with E-state index in [1.807, 2.05) is 0 Å². The molecule has 1 aliphatic carbocycles. The third kappa shape index (κ3) is 2.23. The summed E-state index contributed by atoms with van der Waals surface area (Å²) in [7, 11) is 0. The van der Waals surface area contributed by atoms with Crippen LogP contribution in [-0.4, -0.2) is 31.1 Å². The monoisotopic (exact) mass is 182 g/mol. The van der Waals surface area contributed by atoms with E-state index in [4.69, 9.17) is 5.73 Å². The quantitative estimate of drug-likeness (QED) is 0.667. The Morgan fingerprint density at radius 2 is 1.77 bits per heavy atom. The van der Waals surface area contributed by atoms with E-state index >= 15 is 0 Å². The first-order valence-electron chi connectivity index (χ1n) is 5.82. The fraction of sp³-hybridized carbons (Fsp3) is 1.00. The van der Waals surface area contributed by atoms with Gasteiger partial charge in [-0.1, -0.05) is 6.42 Å². The third-order valence-corrected chi connectivity index (χ3v) is 3.73. The average molecular weight is 182 g/mol. The minimum Gasteiger partial charge on any atom is -0.330 e. The largest absolute Gasteiger partial charge is 0.330 e. The van der Waals surface area contributed by atoms with E-state index in [0.29, 0.717) is 0 Å². The fourth-order valence-corrected chi connectivity index (χ4v) is 2.99. The Labute approximate surface area is 81.5 Å². The molecule has 0 spiro atoms. The molecule has 2 nitrogen and oxygen atoms in total. The van der Waals surface area contributed by atoms with Crippen LogP contribution in [0.15, 0.2) is 0 Å². The van der Waals surface area contributed by atoms with Crippen LogP contribution in [0.1, 0.15) is 32.1 Å². The van der Waals surface area contributed by atoms with Gasteiger partial charge in [-0.3, -0.25) is 0 Å². The molecule has 0 bridgehead atoms. The van der Waals surface area contributed by atoms with E-state index in [1.165, 1.54) is 51.7 Å². The van der Waals surface area contributed by atoms with E-state index in [9.17, 15) is 0 Å². The first kappa shape index (κ1) is 9.47. The highest BCUT2D eigenvalue weighted by Crippen LogP contribution is 2.37. The average Bonchev–Trinajstić information content (AvgIpc) is 2.64. The Bertz CT molecular complexity index is 146. The van der Waals surface area contributed by atoms with Crippen molar-refractivity contribution in [2.75, 3.05) is 26.2 Å². The topological polar surface area (TPSA) is 29.3 Å². The lowest BCUT2D eigenvalue weighted by Gasteiger charge is -2.15. The number of likely N-dealkylation sites (tertiary alicyclic amines) is 1. The smallest absolute Gasteiger partial charge is 0.00129 e. The summed E-state index contributed by atoms with van der Waals surface area (Å²) in [4.78, 5) is 2.66. The van der Waals surface area contributed by atoms with Crippen LogP contribution in [0.25, 0.3) is 0 Å². The highest BCUT2D eigenvalue weighted by molar-refractivity contribution is 4.88. The Morgan fingerprint density at radius 1 is 1.08 bits per heavy atom. The summed E-state index contributed by atoms with van der Waals surface area (Å²) in [6.45, 7) is 4.93. The summed E-state index contributed by atoms with van der Waals surface area (Å²) in [6, 6.07) is 0. The van der Waals surface area contributed by atoms with Crippen LogP contribution in [-0.2, 0) is 0 Å². The second-order valence-electron chi connectivity index (χ2n) is 4.71.